The first kappa shape index (κ1) is 21.0. The normalized spacial score (nSPS) is 11.3. The zero-order valence-electron chi connectivity index (χ0n) is 16.6. The van der Waals surface area contributed by atoms with Crippen molar-refractivity contribution in [1.29, 1.82) is 0 Å². The number of carbonyl (C=O) groups excluding carboxylic acids is 1. The highest BCUT2D eigenvalue weighted by Gasteiger charge is 2.17. The summed E-state index contributed by atoms with van der Waals surface area (Å²) in [5, 5.41) is 5.00. The Bertz CT molecular complexity index is 1340. The first-order valence-electron chi connectivity index (χ1n) is 9.71. The molecule has 0 bridgehead atoms. The number of aromatic nitrogens is 4. The van der Waals surface area contributed by atoms with Crippen LogP contribution in [0.25, 0.3) is 21.1 Å². The molecule has 0 unspecified atom stereocenters. The van der Waals surface area contributed by atoms with Gasteiger partial charge in [0, 0.05) is 18.3 Å². The van der Waals surface area contributed by atoms with Gasteiger partial charge in [0.25, 0.3) is 5.56 Å². The Hall–Kier alpha value is -3.27. The van der Waals surface area contributed by atoms with Crippen molar-refractivity contribution in [3.8, 4) is 0 Å². The van der Waals surface area contributed by atoms with Crippen molar-refractivity contribution < 1.29 is 18.3 Å². The maximum absolute atomic E-state index is 14.0. The molecule has 0 amide bonds. The van der Waals surface area contributed by atoms with Gasteiger partial charge in [-0.05, 0) is 18.6 Å². The molecule has 0 atom stereocenters. The molecule has 10 heteroatoms. The molecule has 0 radical (unpaired) electrons. The quantitative estimate of drug-likeness (QED) is 0.320. The molecule has 3 aromatic heterocycles. The molecule has 0 aliphatic carbocycles. The van der Waals surface area contributed by atoms with Crippen molar-refractivity contribution in [2.24, 2.45) is 0 Å². The molecule has 4 rings (SSSR count). The predicted molar refractivity (Wildman–Crippen MR) is 112 cm³/mol. The SMILES string of the molecule is CCCCOC(=O)Cc1nn(Cc2nc3cc(F)cc(F)c3s2)c(=O)c2cccnc12. The molecule has 0 saturated heterocycles. The maximum Gasteiger partial charge on any atom is 0.312 e. The van der Waals surface area contributed by atoms with Crippen LogP contribution in [0.2, 0.25) is 0 Å². The van der Waals surface area contributed by atoms with Crippen LogP contribution in [0.4, 0.5) is 8.78 Å². The van der Waals surface area contributed by atoms with E-state index < -0.39 is 23.2 Å². The highest BCUT2D eigenvalue weighted by molar-refractivity contribution is 7.18. The van der Waals surface area contributed by atoms with Gasteiger partial charge in [0.1, 0.15) is 16.6 Å². The fraction of sp³-hybridized carbons (Fsp3) is 0.286. The summed E-state index contributed by atoms with van der Waals surface area (Å²) in [4.78, 5) is 33.5. The smallest absolute Gasteiger partial charge is 0.312 e. The Morgan fingerprint density at radius 1 is 1.29 bits per heavy atom. The minimum atomic E-state index is -0.724. The molecular weight excluding hydrogens is 426 g/mol. The lowest BCUT2D eigenvalue weighted by molar-refractivity contribution is -0.143. The average Bonchev–Trinajstić information content (AvgIpc) is 3.14. The van der Waals surface area contributed by atoms with E-state index in [9.17, 15) is 18.4 Å². The summed E-state index contributed by atoms with van der Waals surface area (Å²) in [5.41, 5.74) is 0.383. The largest absolute Gasteiger partial charge is 0.465 e. The third-order valence-electron chi connectivity index (χ3n) is 4.60. The Morgan fingerprint density at radius 2 is 2.13 bits per heavy atom. The van der Waals surface area contributed by atoms with Gasteiger partial charge in [0.2, 0.25) is 0 Å². The monoisotopic (exact) mass is 444 g/mol. The molecule has 0 saturated carbocycles. The van der Waals surface area contributed by atoms with E-state index in [1.165, 1.54) is 6.20 Å². The summed E-state index contributed by atoms with van der Waals surface area (Å²) in [6.07, 6.45) is 3.03. The van der Waals surface area contributed by atoms with E-state index in [-0.39, 0.29) is 23.2 Å². The van der Waals surface area contributed by atoms with Crippen molar-refractivity contribution in [1.82, 2.24) is 19.7 Å². The summed E-state index contributed by atoms with van der Waals surface area (Å²) in [7, 11) is 0. The van der Waals surface area contributed by atoms with E-state index >= 15 is 0 Å². The third-order valence-corrected chi connectivity index (χ3v) is 5.66. The summed E-state index contributed by atoms with van der Waals surface area (Å²) in [6.45, 7) is 2.25. The number of esters is 1. The number of hydrogen-bond acceptors (Lipinski definition) is 7. The average molecular weight is 444 g/mol. The lowest BCUT2D eigenvalue weighted by Gasteiger charge is -2.09. The number of ether oxygens (including phenoxy) is 1. The van der Waals surface area contributed by atoms with Crippen LogP contribution in [0.15, 0.2) is 35.3 Å². The van der Waals surface area contributed by atoms with Gasteiger partial charge in [-0.25, -0.2) is 18.4 Å². The Kier molecular flexibility index (Phi) is 5.99. The fourth-order valence-electron chi connectivity index (χ4n) is 3.13. The Labute approximate surface area is 179 Å². The molecule has 0 spiro atoms. The number of rotatable bonds is 7. The highest BCUT2D eigenvalue weighted by atomic mass is 32.1. The van der Waals surface area contributed by atoms with Crippen LogP contribution in [0.5, 0.6) is 0 Å². The van der Waals surface area contributed by atoms with Gasteiger partial charge in [-0.2, -0.15) is 5.10 Å². The van der Waals surface area contributed by atoms with Crippen LogP contribution in [-0.2, 0) is 22.5 Å². The van der Waals surface area contributed by atoms with Crippen molar-refractivity contribution in [3.63, 3.8) is 0 Å². The van der Waals surface area contributed by atoms with E-state index in [0.717, 1.165) is 41.0 Å². The lowest BCUT2D eigenvalue weighted by Crippen LogP contribution is -2.26. The lowest BCUT2D eigenvalue weighted by atomic mass is 10.2. The highest BCUT2D eigenvalue weighted by Crippen LogP contribution is 2.26. The van der Waals surface area contributed by atoms with Gasteiger partial charge in [0.05, 0.1) is 46.4 Å². The zero-order valence-corrected chi connectivity index (χ0v) is 17.4. The molecule has 160 valence electrons. The number of halogens is 2. The molecule has 0 aliphatic heterocycles. The summed E-state index contributed by atoms with van der Waals surface area (Å²) in [5.74, 6) is -1.90. The molecule has 0 aliphatic rings. The van der Waals surface area contributed by atoms with Crippen molar-refractivity contribution in [2.75, 3.05) is 6.61 Å². The van der Waals surface area contributed by atoms with Gasteiger partial charge >= 0.3 is 5.97 Å². The van der Waals surface area contributed by atoms with Gasteiger partial charge in [-0.15, -0.1) is 11.3 Å². The van der Waals surface area contributed by atoms with Crippen LogP contribution < -0.4 is 5.56 Å². The molecule has 3 heterocycles. The van der Waals surface area contributed by atoms with E-state index in [2.05, 4.69) is 15.1 Å². The van der Waals surface area contributed by atoms with E-state index in [1.54, 1.807) is 12.1 Å². The predicted octanol–water partition coefficient (Wildman–Crippen LogP) is 3.61. The second-order valence-corrected chi connectivity index (χ2v) is 7.99. The van der Waals surface area contributed by atoms with Gasteiger partial charge < -0.3 is 4.74 Å². The standard InChI is InChI=1S/C21H18F2N4O3S/c1-2-3-7-30-18(28)10-15-19-13(5-4-6-24-19)21(29)27(26-15)11-17-25-16-9-12(22)8-14(23)20(16)31-17/h4-6,8-9H,2-3,7,10-11H2,1H3. The molecule has 4 aromatic rings. The second kappa shape index (κ2) is 8.84. The van der Waals surface area contributed by atoms with Crippen LogP contribution in [-0.4, -0.2) is 32.3 Å². The van der Waals surface area contributed by atoms with Crippen LogP contribution in [0.1, 0.15) is 30.5 Å². The third kappa shape index (κ3) is 4.43. The van der Waals surface area contributed by atoms with Crippen LogP contribution >= 0.6 is 11.3 Å². The van der Waals surface area contributed by atoms with Crippen molar-refractivity contribution in [3.05, 3.63) is 63.2 Å². The summed E-state index contributed by atoms with van der Waals surface area (Å²) in [6, 6.07) is 5.14. The van der Waals surface area contributed by atoms with Gasteiger partial charge in [-0.3, -0.25) is 14.6 Å². The minimum absolute atomic E-state index is 0.0536. The Morgan fingerprint density at radius 3 is 2.94 bits per heavy atom. The van der Waals surface area contributed by atoms with E-state index in [1.807, 2.05) is 6.92 Å². The zero-order chi connectivity index (χ0) is 22.0. The van der Waals surface area contributed by atoms with Crippen molar-refractivity contribution >= 4 is 38.4 Å². The number of nitrogens with zero attached hydrogens (tertiary/aromatic N) is 4. The molecule has 0 fully saturated rings. The van der Waals surface area contributed by atoms with Gasteiger partial charge in [0.15, 0.2) is 0 Å². The second-order valence-electron chi connectivity index (χ2n) is 6.90. The number of benzene rings is 1. The molecular formula is C21H18F2N4O3S. The number of hydrogen-bond donors (Lipinski definition) is 0. The van der Waals surface area contributed by atoms with Crippen LogP contribution in [0.3, 0.4) is 0 Å². The number of carbonyl (C=O) groups is 1. The number of unbranched alkanes of at least 4 members (excludes halogenated alkanes) is 1. The maximum atomic E-state index is 14.0. The molecule has 31 heavy (non-hydrogen) atoms. The molecule has 7 nitrogen and oxygen atoms in total. The molecule has 1 aromatic carbocycles. The summed E-state index contributed by atoms with van der Waals surface area (Å²) < 4.78 is 34.0. The number of fused-ring (bicyclic) bond motifs is 2. The van der Waals surface area contributed by atoms with Crippen molar-refractivity contribution in [2.45, 2.75) is 32.7 Å². The van der Waals surface area contributed by atoms with Crippen LogP contribution in [0, 0.1) is 11.6 Å². The topological polar surface area (TPSA) is 87.0 Å². The fourth-order valence-corrected chi connectivity index (χ4v) is 4.06. The van der Waals surface area contributed by atoms with E-state index in [4.69, 9.17) is 4.74 Å². The van der Waals surface area contributed by atoms with Gasteiger partial charge in [-0.1, -0.05) is 13.3 Å². The first-order valence-corrected chi connectivity index (χ1v) is 10.5. The minimum Gasteiger partial charge on any atom is -0.465 e. The number of thiazole rings is 1. The summed E-state index contributed by atoms with van der Waals surface area (Å²) >= 11 is 1.02. The van der Waals surface area contributed by atoms with E-state index in [0.29, 0.717) is 28.2 Å². The number of pyridine rings is 1. The first-order chi connectivity index (χ1) is 15.0. The Balaban J connectivity index is 1.71. The molecule has 0 N–H and O–H groups in total.